The number of esters is 2. The standard InChI is InChI=1S/C42H76NO9P/c1-5-6-7-8-9-10-18-21-24-27-30-33-41(45)49-38-40(39-51-53(47,48)50-37-35-43(2,3)4)52-42(46)34-31-28-25-22-19-16-14-12-11-13-15-17-20-23-26-29-32-36-44/h11,13-14,16-17,20,22,25,40,44H,5-10,12,15,18-19,21,23-24,26-39H2,1-4H3/b13-11-,16-14-,20-17-,25-22-/t40-/m1/s1. The lowest BCUT2D eigenvalue weighted by Gasteiger charge is -2.28. The van der Waals surface area contributed by atoms with E-state index in [9.17, 15) is 19.0 Å². The van der Waals surface area contributed by atoms with E-state index in [1.54, 1.807) is 0 Å². The fraction of sp³-hybridized carbons (Fsp3) is 0.762. The minimum atomic E-state index is -4.64. The summed E-state index contributed by atoms with van der Waals surface area (Å²) in [6, 6.07) is 0. The van der Waals surface area contributed by atoms with Crippen molar-refractivity contribution in [2.45, 2.75) is 154 Å². The summed E-state index contributed by atoms with van der Waals surface area (Å²) >= 11 is 0. The molecule has 53 heavy (non-hydrogen) atoms. The predicted octanol–water partition coefficient (Wildman–Crippen LogP) is 9.47. The predicted molar refractivity (Wildman–Crippen MR) is 214 cm³/mol. The molecule has 0 fully saturated rings. The minimum Gasteiger partial charge on any atom is -0.756 e. The van der Waals surface area contributed by atoms with Crippen LogP contribution >= 0.6 is 7.82 Å². The van der Waals surface area contributed by atoms with Crippen LogP contribution in [0.1, 0.15) is 148 Å². The molecule has 0 spiro atoms. The first-order valence-corrected chi connectivity index (χ1v) is 21.9. The van der Waals surface area contributed by atoms with Gasteiger partial charge in [0, 0.05) is 19.4 Å². The van der Waals surface area contributed by atoms with Gasteiger partial charge in [0.25, 0.3) is 7.82 Å². The Bertz CT molecular complexity index is 1050. The van der Waals surface area contributed by atoms with Crippen LogP contribution in [-0.4, -0.2) is 81.7 Å². The van der Waals surface area contributed by atoms with Crippen LogP contribution in [0.3, 0.4) is 0 Å². The number of unbranched alkanes of at least 4 members (excludes halogenated alkanes) is 14. The molecule has 0 radical (unpaired) electrons. The van der Waals surface area contributed by atoms with E-state index in [-0.39, 0.29) is 32.7 Å². The van der Waals surface area contributed by atoms with Gasteiger partial charge in [0.05, 0.1) is 27.7 Å². The first-order chi connectivity index (χ1) is 25.5. The molecule has 0 bridgehead atoms. The molecule has 0 aromatic carbocycles. The van der Waals surface area contributed by atoms with Crippen molar-refractivity contribution in [3.05, 3.63) is 48.6 Å². The van der Waals surface area contributed by atoms with Crippen LogP contribution in [0.5, 0.6) is 0 Å². The van der Waals surface area contributed by atoms with Crippen LogP contribution in [-0.2, 0) is 32.7 Å². The number of rotatable bonds is 37. The highest BCUT2D eigenvalue weighted by Crippen LogP contribution is 2.38. The second-order valence-electron chi connectivity index (χ2n) is 14.7. The molecule has 10 nitrogen and oxygen atoms in total. The Morgan fingerprint density at radius 1 is 0.642 bits per heavy atom. The fourth-order valence-electron chi connectivity index (χ4n) is 5.15. The first kappa shape index (κ1) is 50.9. The van der Waals surface area contributed by atoms with Gasteiger partial charge in [-0.15, -0.1) is 0 Å². The van der Waals surface area contributed by atoms with Gasteiger partial charge in [0.1, 0.15) is 19.8 Å². The number of aliphatic hydroxyl groups is 1. The molecule has 0 amide bonds. The van der Waals surface area contributed by atoms with Crippen molar-refractivity contribution in [1.82, 2.24) is 0 Å². The molecule has 1 unspecified atom stereocenters. The number of ether oxygens (including phenoxy) is 2. The molecule has 0 aromatic heterocycles. The van der Waals surface area contributed by atoms with Crippen molar-refractivity contribution in [2.75, 3.05) is 54.1 Å². The summed E-state index contributed by atoms with van der Waals surface area (Å²) < 4.78 is 33.7. The van der Waals surface area contributed by atoms with E-state index >= 15 is 0 Å². The minimum absolute atomic E-state index is 0.0466. The van der Waals surface area contributed by atoms with Gasteiger partial charge in [-0.2, -0.15) is 0 Å². The molecule has 11 heteroatoms. The second-order valence-corrected chi connectivity index (χ2v) is 16.1. The SMILES string of the molecule is CCCCCCCCCCCCCC(=O)OC[C@H](COP(=O)([O-])OCC[N+](C)(C)C)OC(=O)CCC/C=C\C/C=C\C/C=C\C/C=C\CCCCCO. The number of likely N-dealkylation sites (N-methyl/N-ethyl adjacent to an activating group) is 1. The summed E-state index contributed by atoms with van der Waals surface area (Å²) in [4.78, 5) is 37.4. The molecule has 0 aliphatic carbocycles. The Balaban J connectivity index is 4.50. The van der Waals surface area contributed by atoms with Crippen LogP contribution in [0.25, 0.3) is 0 Å². The second kappa shape index (κ2) is 35.6. The van der Waals surface area contributed by atoms with Crippen LogP contribution in [0.15, 0.2) is 48.6 Å². The smallest absolute Gasteiger partial charge is 0.306 e. The lowest BCUT2D eigenvalue weighted by Crippen LogP contribution is -2.37. The highest BCUT2D eigenvalue weighted by Gasteiger charge is 2.21. The summed E-state index contributed by atoms with van der Waals surface area (Å²) in [5, 5.41) is 8.79. The third kappa shape index (κ3) is 39.4. The van der Waals surface area contributed by atoms with Crippen molar-refractivity contribution < 1.29 is 47.2 Å². The molecule has 308 valence electrons. The van der Waals surface area contributed by atoms with E-state index < -0.39 is 32.5 Å². The topological polar surface area (TPSA) is 131 Å². The number of allylic oxidation sites excluding steroid dienone is 8. The Morgan fingerprint density at radius 2 is 1.13 bits per heavy atom. The quantitative estimate of drug-likeness (QED) is 0.0216. The van der Waals surface area contributed by atoms with Crippen LogP contribution in [0.4, 0.5) is 0 Å². The number of quaternary nitrogens is 1. The number of carbonyl (C=O) groups is 2. The molecule has 0 saturated heterocycles. The summed E-state index contributed by atoms with van der Waals surface area (Å²) in [5.74, 6) is -0.917. The first-order valence-electron chi connectivity index (χ1n) is 20.5. The van der Waals surface area contributed by atoms with Gasteiger partial charge in [0.2, 0.25) is 0 Å². The molecular formula is C42H76NO9P. The zero-order valence-corrected chi connectivity index (χ0v) is 34.8. The lowest BCUT2D eigenvalue weighted by molar-refractivity contribution is -0.870. The van der Waals surface area contributed by atoms with Gasteiger partial charge >= 0.3 is 11.9 Å². The fourth-order valence-corrected chi connectivity index (χ4v) is 5.88. The average Bonchev–Trinajstić information content (AvgIpc) is 3.10. The number of phosphoric ester groups is 1. The molecule has 2 atom stereocenters. The zero-order chi connectivity index (χ0) is 39.3. The largest absolute Gasteiger partial charge is 0.756 e. The van der Waals surface area contributed by atoms with Gasteiger partial charge in [-0.1, -0.05) is 126 Å². The third-order valence-electron chi connectivity index (χ3n) is 8.41. The van der Waals surface area contributed by atoms with E-state index in [0.29, 0.717) is 23.9 Å². The Kier molecular flexibility index (Phi) is 34.2. The van der Waals surface area contributed by atoms with E-state index in [0.717, 1.165) is 64.2 Å². The van der Waals surface area contributed by atoms with E-state index in [4.69, 9.17) is 23.6 Å². The van der Waals surface area contributed by atoms with E-state index in [1.807, 2.05) is 27.2 Å². The Morgan fingerprint density at radius 3 is 1.68 bits per heavy atom. The monoisotopic (exact) mass is 770 g/mol. The van der Waals surface area contributed by atoms with Crippen molar-refractivity contribution in [3.8, 4) is 0 Å². The third-order valence-corrected chi connectivity index (χ3v) is 9.37. The van der Waals surface area contributed by atoms with Crippen LogP contribution in [0, 0.1) is 0 Å². The molecule has 0 aliphatic heterocycles. The highest BCUT2D eigenvalue weighted by atomic mass is 31.2. The molecule has 0 heterocycles. The maximum Gasteiger partial charge on any atom is 0.306 e. The molecule has 0 aliphatic rings. The number of phosphoric acid groups is 1. The van der Waals surface area contributed by atoms with E-state index in [2.05, 4.69) is 49.5 Å². The summed E-state index contributed by atoms with van der Waals surface area (Å²) in [6.45, 7) is 2.14. The molecule has 0 saturated carbocycles. The normalized spacial score (nSPS) is 14.2. The van der Waals surface area contributed by atoms with Gasteiger partial charge < -0.3 is 33.0 Å². The average molecular weight is 770 g/mol. The van der Waals surface area contributed by atoms with Crippen LogP contribution in [0.2, 0.25) is 0 Å². The summed E-state index contributed by atoms with van der Waals surface area (Å²) in [5.41, 5.74) is 0. The zero-order valence-electron chi connectivity index (χ0n) is 33.9. The van der Waals surface area contributed by atoms with Crippen molar-refractivity contribution in [3.63, 3.8) is 0 Å². The molecule has 1 N–H and O–H groups in total. The molecular weight excluding hydrogens is 693 g/mol. The Hall–Kier alpha value is -2.07. The number of hydrogen-bond donors (Lipinski definition) is 1. The molecule has 0 rings (SSSR count). The van der Waals surface area contributed by atoms with Gasteiger partial charge in [-0.25, -0.2) is 0 Å². The molecule has 0 aromatic rings. The number of hydrogen-bond acceptors (Lipinski definition) is 9. The van der Waals surface area contributed by atoms with Crippen LogP contribution < -0.4 is 4.89 Å². The van der Waals surface area contributed by atoms with Gasteiger partial charge in [-0.3, -0.25) is 14.2 Å². The van der Waals surface area contributed by atoms with Crippen molar-refractivity contribution in [1.29, 1.82) is 0 Å². The maximum absolute atomic E-state index is 12.6. The lowest BCUT2D eigenvalue weighted by atomic mass is 10.1. The number of carbonyl (C=O) groups excluding carboxylic acids is 2. The van der Waals surface area contributed by atoms with E-state index in [1.165, 1.54) is 51.4 Å². The number of aliphatic hydroxyl groups excluding tert-OH is 1. The van der Waals surface area contributed by atoms with Crippen molar-refractivity contribution >= 4 is 19.8 Å². The summed E-state index contributed by atoms with van der Waals surface area (Å²) in [6.07, 6.45) is 37.3. The highest BCUT2D eigenvalue weighted by molar-refractivity contribution is 7.45. The van der Waals surface area contributed by atoms with Gasteiger partial charge in [0.15, 0.2) is 6.10 Å². The Labute approximate surface area is 323 Å². The van der Waals surface area contributed by atoms with Crippen molar-refractivity contribution in [2.24, 2.45) is 0 Å². The maximum atomic E-state index is 12.6. The number of nitrogens with zero attached hydrogens (tertiary/aromatic N) is 1. The summed E-state index contributed by atoms with van der Waals surface area (Å²) in [7, 11) is 1.11. The van der Waals surface area contributed by atoms with Gasteiger partial charge in [-0.05, 0) is 57.8 Å².